The highest BCUT2D eigenvalue weighted by molar-refractivity contribution is 6.05. The van der Waals surface area contributed by atoms with Gasteiger partial charge in [0.1, 0.15) is 5.69 Å². The largest absolute Gasteiger partial charge is 0.450 e. The van der Waals surface area contributed by atoms with Crippen molar-refractivity contribution in [2.75, 3.05) is 0 Å². The first-order chi connectivity index (χ1) is 12.0. The van der Waals surface area contributed by atoms with Crippen molar-refractivity contribution in [2.45, 2.75) is 33.8 Å². The first-order valence-corrected chi connectivity index (χ1v) is 7.80. The maximum atomic E-state index is 12.6. The lowest BCUT2D eigenvalue weighted by Crippen LogP contribution is -2.26. The number of esters is 1. The molecule has 0 saturated heterocycles. The molecule has 0 aliphatic carbocycles. The number of hydrogen-bond acceptors (Lipinski definition) is 6. The number of aromatic amines is 1. The molecule has 26 heavy (non-hydrogen) atoms. The lowest BCUT2D eigenvalue weighted by molar-refractivity contribution is -0.384. The zero-order chi connectivity index (χ0) is 19.8. The van der Waals surface area contributed by atoms with E-state index in [1.807, 2.05) is 0 Å². The number of aromatic nitrogens is 2. The minimum absolute atomic E-state index is 0.0415. The molecule has 9 nitrogen and oxygen atoms in total. The van der Waals surface area contributed by atoms with Gasteiger partial charge in [0.15, 0.2) is 11.9 Å². The summed E-state index contributed by atoms with van der Waals surface area (Å²) in [5.74, 6) is -1.51. The van der Waals surface area contributed by atoms with Crippen LogP contribution in [0, 0.1) is 24.0 Å². The second-order valence-corrected chi connectivity index (χ2v) is 6.04. The molecule has 0 radical (unpaired) electrons. The molecule has 2 rings (SSSR count). The van der Waals surface area contributed by atoms with E-state index in [4.69, 9.17) is 4.74 Å². The molecule has 0 amide bonds. The van der Waals surface area contributed by atoms with E-state index in [1.54, 1.807) is 13.8 Å². The van der Waals surface area contributed by atoms with Crippen molar-refractivity contribution in [3.63, 3.8) is 0 Å². The van der Waals surface area contributed by atoms with Gasteiger partial charge in [-0.2, -0.15) is 0 Å². The first-order valence-electron chi connectivity index (χ1n) is 7.80. The van der Waals surface area contributed by atoms with E-state index in [1.165, 1.54) is 31.7 Å². The summed E-state index contributed by atoms with van der Waals surface area (Å²) in [6.07, 6.45) is 0.0498. The van der Waals surface area contributed by atoms with E-state index >= 15 is 0 Å². The fraction of sp³-hybridized carbons (Fsp3) is 0.353. The number of ether oxygens (including phenoxy) is 1. The Labute approximate surface area is 149 Å². The molecule has 0 aromatic carbocycles. The van der Waals surface area contributed by atoms with Crippen LogP contribution in [0.2, 0.25) is 0 Å². The molecule has 0 aliphatic heterocycles. The van der Waals surface area contributed by atoms with Gasteiger partial charge in [-0.3, -0.25) is 19.7 Å². The van der Waals surface area contributed by atoms with E-state index in [0.717, 1.165) is 6.07 Å². The van der Waals surface area contributed by atoms with Crippen molar-refractivity contribution < 1.29 is 24.0 Å². The van der Waals surface area contributed by atoms with E-state index in [-0.39, 0.29) is 22.9 Å². The number of aryl methyl sites for hydroxylation is 2. The quantitative estimate of drug-likeness (QED) is 0.365. The molecular weight excluding hydrogens is 342 g/mol. The van der Waals surface area contributed by atoms with Gasteiger partial charge in [-0.15, -0.1) is 0 Å². The normalized spacial score (nSPS) is 11.9. The van der Waals surface area contributed by atoms with E-state index < -0.39 is 22.8 Å². The zero-order valence-electron chi connectivity index (χ0n) is 15.1. The highest BCUT2D eigenvalue weighted by Gasteiger charge is 2.27. The maximum Gasteiger partial charge on any atom is 0.355 e. The molecule has 0 fully saturated rings. The van der Waals surface area contributed by atoms with Crippen molar-refractivity contribution >= 4 is 23.2 Å². The number of carbonyl (C=O) groups is 3. The minimum atomic E-state index is -1.13. The Kier molecular flexibility index (Phi) is 5.10. The molecular formula is C17H19N3O6. The number of nitrogens with zero attached hydrogens (tertiary/aromatic N) is 2. The lowest BCUT2D eigenvalue weighted by atomic mass is 10.0. The Morgan fingerprint density at radius 3 is 2.38 bits per heavy atom. The van der Waals surface area contributed by atoms with Crippen molar-refractivity contribution in [3.05, 3.63) is 50.6 Å². The van der Waals surface area contributed by atoms with Crippen molar-refractivity contribution in [2.24, 2.45) is 7.05 Å². The van der Waals surface area contributed by atoms with Gasteiger partial charge in [-0.25, -0.2) is 4.79 Å². The van der Waals surface area contributed by atoms with Crippen LogP contribution in [0.25, 0.3) is 0 Å². The van der Waals surface area contributed by atoms with Gasteiger partial charge in [0.05, 0.1) is 16.8 Å². The third kappa shape index (κ3) is 3.41. The SMILES string of the molecule is CC(=O)c1c(C)[nH]c(C(=O)C(C)OC(=O)c2cc([N+](=O)[O-])cn2C)c1C. The average molecular weight is 361 g/mol. The molecule has 138 valence electrons. The van der Waals surface area contributed by atoms with Crippen LogP contribution in [0.4, 0.5) is 5.69 Å². The summed E-state index contributed by atoms with van der Waals surface area (Å²) in [6, 6.07) is 1.08. The molecule has 0 aliphatic rings. The number of H-pyrrole nitrogens is 1. The van der Waals surface area contributed by atoms with Crippen LogP contribution in [-0.4, -0.2) is 38.1 Å². The number of nitro groups is 1. The topological polar surface area (TPSA) is 124 Å². The molecule has 2 heterocycles. The summed E-state index contributed by atoms with van der Waals surface area (Å²) in [5, 5.41) is 10.8. The Hall–Kier alpha value is -3.23. The van der Waals surface area contributed by atoms with Crippen LogP contribution >= 0.6 is 0 Å². The summed E-state index contributed by atoms with van der Waals surface area (Å²) in [6.45, 7) is 6.13. The summed E-state index contributed by atoms with van der Waals surface area (Å²) < 4.78 is 6.41. The Balaban J connectivity index is 2.22. The highest BCUT2D eigenvalue weighted by Crippen LogP contribution is 2.21. The van der Waals surface area contributed by atoms with Gasteiger partial charge in [0, 0.05) is 24.4 Å². The lowest BCUT2D eigenvalue weighted by Gasteiger charge is -2.12. The number of carbonyl (C=O) groups excluding carboxylic acids is 3. The predicted octanol–water partition coefficient (Wildman–Crippen LogP) is 2.51. The smallest absolute Gasteiger partial charge is 0.355 e. The highest BCUT2D eigenvalue weighted by atomic mass is 16.6. The van der Waals surface area contributed by atoms with Gasteiger partial charge in [-0.1, -0.05) is 0 Å². The fourth-order valence-corrected chi connectivity index (χ4v) is 2.85. The maximum absolute atomic E-state index is 12.6. The minimum Gasteiger partial charge on any atom is -0.450 e. The average Bonchev–Trinajstić information content (AvgIpc) is 3.06. The summed E-state index contributed by atoms with van der Waals surface area (Å²) in [7, 11) is 1.47. The number of hydrogen-bond donors (Lipinski definition) is 1. The van der Waals surface area contributed by atoms with Gasteiger partial charge >= 0.3 is 5.97 Å². The van der Waals surface area contributed by atoms with Crippen LogP contribution < -0.4 is 0 Å². The first kappa shape index (κ1) is 19.1. The second-order valence-electron chi connectivity index (χ2n) is 6.04. The molecule has 2 aromatic heterocycles. The second kappa shape index (κ2) is 6.95. The Bertz CT molecular complexity index is 921. The van der Waals surface area contributed by atoms with Gasteiger partial charge in [0.25, 0.3) is 5.69 Å². The van der Waals surface area contributed by atoms with Gasteiger partial charge in [0.2, 0.25) is 5.78 Å². The van der Waals surface area contributed by atoms with Gasteiger partial charge < -0.3 is 14.3 Å². The van der Waals surface area contributed by atoms with Crippen LogP contribution in [-0.2, 0) is 11.8 Å². The van der Waals surface area contributed by atoms with Crippen molar-refractivity contribution in [1.82, 2.24) is 9.55 Å². The monoisotopic (exact) mass is 361 g/mol. The van der Waals surface area contributed by atoms with Crippen molar-refractivity contribution in [1.29, 1.82) is 0 Å². The van der Waals surface area contributed by atoms with E-state index in [9.17, 15) is 24.5 Å². The van der Waals surface area contributed by atoms with Crippen LogP contribution in [0.1, 0.15) is 56.4 Å². The molecule has 1 atom stereocenters. The Morgan fingerprint density at radius 1 is 1.31 bits per heavy atom. The fourth-order valence-electron chi connectivity index (χ4n) is 2.85. The summed E-state index contributed by atoms with van der Waals surface area (Å²) >= 11 is 0. The molecule has 0 spiro atoms. The number of Topliss-reactive ketones (excluding diaryl/α,β-unsaturated/α-hetero) is 2. The van der Waals surface area contributed by atoms with Crippen LogP contribution in [0.15, 0.2) is 12.3 Å². The molecule has 1 unspecified atom stereocenters. The summed E-state index contributed by atoms with van der Waals surface area (Å²) in [4.78, 5) is 49.5. The van der Waals surface area contributed by atoms with E-state index in [2.05, 4.69) is 4.98 Å². The molecule has 0 bridgehead atoms. The standard InChI is InChI=1S/C17H19N3O6/c1-8-14(10(3)21)9(2)18-15(8)16(22)11(4)26-17(23)13-6-12(20(24)25)7-19(13)5/h6-7,11,18H,1-5H3. The van der Waals surface area contributed by atoms with E-state index in [0.29, 0.717) is 16.8 Å². The molecule has 0 saturated carbocycles. The number of rotatable bonds is 6. The molecule has 9 heteroatoms. The number of nitrogens with one attached hydrogen (secondary N) is 1. The van der Waals surface area contributed by atoms with Crippen LogP contribution in [0.5, 0.6) is 0 Å². The predicted molar refractivity (Wildman–Crippen MR) is 91.5 cm³/mol. The third-order valence-electron chi connectivity index (χ3n) is 4.10. The number of ketones is 2. The van der Waals surface area contributed by atoms with Crippen molar-refractivity contribution in [3.8, 4) is 0 Å². The zero-order valence-corrected chi connectivity index (χ0v) is 15.1. The summed E-state index contributed by atoms with van der Waals surface area (Å²) in [5.41, 5.74) is 1.41. The Morgan fingerprint density at radius 2 is 1.92 bits per heavy atom. The molecule has 2 aromatic rings. The van der Waals surface area contributed by atoms with Gasteiger partial charge in [-0.05, 0) is 33.3 Å². The third-order valence-corrected chi connectivity index (χ3v) is 4.10. The molecule has 1 N–H and O–H groups in total. The van der Waals surface area contributed by atoms with Crippen LogP contribution in [0.3, 0.4) is 0 Å².